The molecular formula is C70H98F5N23O14. The van der Waals surface area contributed by atoms with E-state index in [4.69, 9.17) is 51.6 Å². The fraction of sp³-hybridized carbons (Fsp3) is 0.529. The number of hydrogen-bond acceptors (Lipinski definition) is 18. The summed E-state index contributed by atoms with van der Waals surface area (Å²) in [6.07, 6.45) is -2.23. The lowest BCUT2D eigenvalue weighted by Gasteiger charge is -2.33. The molecule has 0 unspecified atom stereocenters. The fourth-order valence-electron chi connectivity index (χ4n) is 13.9. The second kappa shape index (κ2) is 41.5. The number of fused-ring (bicyclic) bond motifs is 2. The van der Waals surface area contributed by atoms with E-state index in [1.807, 2.05) is 0 Å². The number of carboxylic acid groups (broad SMARTS) is 1. The Morgan fingerprint density at radius 2 is 0.902 bits per heavy atom. The minimum absolute atomic E-state index is 0.000542. The fourth-order valence-corrected chi connectivity index (χ4v) is 13.9. The molecule has 612 valence electrons. The number of guanidine groups is 4. The Labute approximate surface area is 639 Å². The van der Waals surface area contributed by atoms with Crippen molar-refractivity contribution in [3.63, 3.8) is 0 Å². The molecule has 0 saturated carbocycles. The second-order valence-corrected chi connectivity index (χ2v) is 27.7. The van der Waals surface area contributed by atoms with Gasteiger partial charge in [-0.1, -0.05) is 48.5 Å². The number of aliphatic carboxylic acids is 1. The quantitative estimate of drug-likeness (QED) is 0.00629. The van der Waals surface area contributed by atoms with Crippen LogP contribution in [-0.2, 0) is 84.8 Å². The predicted octanol–water partition coefficient (Wildman–Crippen LogP) is -6.16. The van der Waals surface area contributed by atoms with Crippen LogP contribution in [0.1, 0.15) is 98.4 Å². The molecule has 2 saturated heterocycles. The average molecular weight is 1580 g/mol. The number of carbonyl (C=O) groups is 11. The molecule has 2 aliphatic carbocycles. The van der Waals surface area contributed by atoms with Gasteiger partial charge >= 0.3 is 5.97 Å². The number of likely N-dealkylation sites (tertiary alicyclic amines) is 2. The Morgan fingerprint density at radius 3 is 1.38 bits per heavy atom. The van der Waals surface area contributed by atoms with Crippen LogP contribution in [0.25, 0.3) is 0 Å². The molecule has 2 heterocycles. The van der Waals surface area contributed by atoms with Crippen LogP contribution in [0.4, 0.5) is 22.0 Å². The number of nitrogens with one attached hydrogen (secondary N) is 8. The lowest BCUT2D eigenvalue weighted by atomic mass is 9.94. The van der Waals surface area contributed by atoms with Crippen LogP contribution in [0.2, 0.25) is 0 Å². The highest BCUT2D eigenvalue weighted by Gasteiger charge is 2.47. The topological polar surface area (TPSA) is 635 Å². The van der Waals surface area contributed by atoms with Crippen molar-refractivity contribution in [2.24, 2.45) is 83.4 Å². The summed E-state index contributed by atoms with van der Waals surface area (Å²) in [5, 5.41) is 51.4. The molecule has 7 rings (SSSR count). The first-order chi connectivity index (χ1) is 53.2. The predicted molar refractivity (Wildman–Crippen MR) is 394 cm³/mol. The molecule has 3 aromatic rings. The Bertz CT molecular complexity index is 3970. The number of carboxylic acids is 1. The third kappa shape index (κ3) is 24.5. The van der Waals surface area contributed by atoms with Gasteiger partial charge in [0.05, 0.1) is 25.3 Å². The molecule has 2 aliphatic heterocycles. The van der Waals surface area contributed by atoms with E-state index in [-0.39, 0.29) is 146 Å². The number of amides is 10. The Kier molecular flexibility index (Phi) is 32.5. The molecule has 2 fully saturated rings. The minimum Gasteiger partial charge on any atom is -0.480 e. The summed E-state index contributed by atoms with van der Waals surface area (Å²) < 4.78 is 75.4. The van der Waals surface area contributed by atoms with Crippen molar-refractivity contribution in [2.45, 2.75) is 169 Å². The number of carbonyl (C=O) groups excluding carboxylic acids is 10. The van der Waals surface area contributed by atoms with Crippen LogP contribution >= 0.6 is 0 Å². The summed E-state index contributed by atoms with van der Waals surface area (Å²) in [4.78, 5) is 174. The largest absolute Gasteiger partial charge is 0.480 e. The van der Waals surface area contributed by atoms with Gasteiger partial charge in [-0.25, -0.2) is 26.7 Å². The average Bonchev–Trinajstić information content (AvgIpc) is 1.70. The van der Waals surface area contributed by atoms with Gasteiger partial charge in [-0.2, -0.15) is 0 Å². The number of halogens is 5. The standard InChI is InChI=1S/C70H98F5N23O14/c71-50-40(51(72)53(74)54(75)52(50)73)29-45(59(104)96-56(38-26-35-12-3-4-13-36(35)27-38)63(108)92-44(66(111)112)17-8-22-88-70(83)84)93-60(105)46(32-99)94-62(107)55(37-24-33-10-1-2-11-34(33)25-37)95-49(101)30-89-61(106)48-28-39(100)31-98(48)65(110)47-18-9-23-97(47)64(109)43(16-7-21-87-69(81)82)91-58(103)42(15-6-20-86-68(79)80)90-57(102)41(76)14-5-19-85-67(77)78/h1-4,10-13,37-39,41-48,55-56,99-100H,5-9,14-32,76H2,(H,89,106)(H,90,102)(H,91,103)(H,92,108)(H,93,105)(H,94,107)(H,95,101)(H,96,104)(H,111,112)(H4,77,78,85)(H4,79,80,86)(H4,81,82,87)(H4,83,84,88)/t39-,41-,42+,43+,44+,45+,46+,47+,48+,55+,56+/m1/s1. The molecular weight excluding hydrogens is 1480 g/mol. The molecule has 0 spiro atoms. The van der Waals surface area contributed by atoms with Crippen molar-refractivity contribution in [3.05, 3.63) is 105 Å². The van der Waals surface area contributed by atoms with E-state index < -0.39 is 204 Å². The van der Waals surface area contributed by atoms with E-state index >= 15 is 8.78 Å². The van der Waals surface area contributed by atoms with Crippen LogP contribution in [0.15, 0.2) is 68.5 Å². The zero-order chi connectivity index (χ0) is 82.2. The number of rotatable bonds is 40. The molecule has 0 bridgehead atoms. The lowest BCUT2D eigenvalue weighted by molar-refractivity contribution is -0.148. The first-order valence-corrected chi connectivity index (χ1v) is 36.3. The van der Waals surface area contributed by atoms with E-state index in [2.05, 4.69) is 62.5 Å². The van der Waals surface area contributed by atoms with Gasteiger partial charge in [0.2, 0.25) is 64.9 Å². The number of aliphatic hydroxyl groups is 2. The van der Waals surface area contributed by atoms with Crippen molar-refractivity contribution < 1.29 is 90.0 Å². The zero-order valence-corrected chi connectivity index (χ0v) is 61.2. The van der Waals surface area contributed by atoms with Crippen LogP contribution in [0, 0.1) is 40.9 Å². The summed E-state index contributed by atoms with van der Waals surface area (Å²) in [6.45, 7) is -2.53. The second-order valence-electron chi connectivity index (χ2n) is 27.7. The van der Waals surface area contributed by atoms with Crippen molar-refractivity contribution in [1.29, 1.82) is 0 Å². The van der Waals surface area contributed by atoms with Gasteiger partial charge in [-0.3, -0.25) is 67.9 Å². The molecule has 0 radical (unpaired) electrons. The van der Waals surface area contributed by atoms with E-state index in [0.29, 0.717) is 17.5 Å². The SMILES string of the molecule is NC(N)=NCCC[C@@H](N)C(=O)N[C@@H](CCCN=C(N)N)C(=O)N[C@@H](CCCN=C(N)N)C(=O)N1CCC[C@H]1C(=O)N1C[C@H](O)C[C@H]1C(=O)NCC(=O)N[C@H](C(=O)N[C@@H](CO)C(=O)N[C@@H](Cc1c(F)c(F)c(F)c(F)c1F)C(=O)N[C@H](C(=O)N[C@@H](CCCN=C(N)N)C(=O)O)C1Cc2ccccc2C1)C1Cc2ccccc2C1. The molecule has 3 aromatic carbocycles. The van der Waals surface area contributed by atoms with E-state index in [1.165, 1.54) is 4.90 Å². The third-order valence-electron chi connectivity index (χ3n) is 19.6. The van der Waals surface area contributed by atoms with Gasteiger partial charge in [-0.15, -0.1) is 0 Å². The number of benzene rings is 3. The van der Waals surface area contributed by atoms with Gasteiger partial charge in [0.25, 0.3) is 0 Å². The molecule has 42 heteroatoms. The molecule has 0 aromatic heterocycles. The molecule has 10 amide bonds. The van der Waals surface area contributed by atoms with Crippen LogP contribution < -0.4 is 94.1 Å². The zero-order valence-electron chi connectivity index (χ0n) is 61.2. The van der Waals surface area contributed by atoms with Crippen LogP contribution in [-0.4, -0.2) is 233 Å². The summed E-state index contributed by atoms with van der Waals surface area (Å²) in [5.74, 6) is -27.0. The number of β-amino-alcohol motifs (C(OH)–C–C–N with tert-alkyl or cyclic N) is 1. The van der Waals surface area contributed by atoms with Crippen molar-refractivity contribution >= 4 is 88.9 Å². The third-order valence-corrected chi connectivity index (χ3v) is 19.6. The Balaban J connectivity index is 1.08. The number of nitrogens with two attached hydrogens (primary N) is 9. The molecule has 11 atom stereocenters. The Hall–Kier alpha value is -11.6. The lowest BCUT2D eigenvalue weighted by Crippen LogP contribution is -2.62. The summed E-state index contributed by atoms with van der Waals surface area (Å²) >= 11 is 0. The molecule has 112 heavy (non-hydrogen) atoms. The highest BCUT2D eigenvalue weighted by atomic mass is 19.2. The van der Waals surface area contributed by atoms with E-state index in [9.17, 15) is 81.2 Å². The van der Waals surface area contributed by atoms with Gasteiger partial charge < -0.3 is 119 Å². The molecule has 4 aliphatic rings. The Morgan fingerprint density at radius 1 is 0.491 bits per heavy atom. The van der Waals surface area contributed by atoms with E-state index in [1.54, 1.807) is 48.5 Å². The van der Waals surface area contributed by atoms with Crippen molar-refractivity contribution in [3.8, 4) is 0 Å². The number of nitrogens with zero attached hydrogens (tertiary/aromatic N) is 6. The van der Waals surface area contributed by atoms with Crippen molar-refractivity contribution in [2.75, 3.05) is 52.4 Å². The monoisotopic (exact) mass is 1580 g/mol. The maximum Gasteiger partial charge on any atom is 0.326 e. The van der Waals surface area contributed by atoms with Gasteiger partial charge in [0.1, 0.15) is 54.4 Å². The first kappa shape index (κ1) is 87.7. The first-order valence-electron chi connectivity index (χ1n) is 36.3. The summed E-state index contributed by atoms with van der Waals surface area (Å²) in [6, 6.07) is -2.49. The normalized spacial score (nSPS) is 17.9. The van der Waals surface area contributed by atoms with Crippen LogP contribution in [0.3, 0.4) is 0 Å². The maximum atomic E-state index is 15.6. The number of aliphatic hydroxyl groups excluding tert-OH is 2. The molecule has 29 N–H and O–H groups in total. The van der Waals surface area contributed by atoms with Gasteiger partial charge in [0.15, 0.2) is 47.1 Å². The van der Waals surface area contributed by atoms with Gasteiger partial charge in [0, 0.05) is 57.7 Å². The highest BCUT2D eigenvalue weighted by molar-refractivity contribution is 5.99. The van der Waals surface area contributed by atoms with Crippen LogP contribution in [0.5, 0.6) is 0 Å². The van der Waals surface area contributed by atoms with E-state index in [0.717, 1.165) is 16.0 Å². The van der Waals surface area contributed by atoms with Crippen molar-refractivity contribution in [1.82, 2.24) is 52.3 Å². The van der Waals surface area contributed by atoms with Gasteiger partial charge in [-0.05, 0) is 124 Å². The minimum atomic E-state index is -2.57. The maximum absolute atomic E-state index is 15.6. The summed E-state index contributed by atoms with van der Waals surface area (Å²) in [5.41, 5.74) is 51.1. The number of hydrogen-bond donors (Lipinski definition) is 20. The smallest absolute Gasteiger partial charge is 0.326 e. The molecule has 37 nitrogen and oxygen atoms in total. The number of aliphatic imine (C=N–C) groups is 4. The summed E-state index contributed by atoms with van der Waals surface area (Å²) in [7, 11) is 0. The highest BCUT2D eigenvalue weighted by Crippen LogP contribution is 2.33.